The fourth-order valence-electron chi connectivity index (χ4n) is 6.89. The Morgan fingerprint density at radius 3 is 2.45 bits per heavy atom. The zero-order chi connectivity index (χ0) is 31.1. The Hall–Kier alpha value is -3.42. The number of aromatic nitrogens is 1. The van der Waals surface area contributed by atoms with Crippen LogP contribution in [0.4, 0.5) is 5.69 Å². The molecule has 236 valence electrons. The normalized spacial score (nSPS) is 16.5. The summed E-state index contributed by atoms with van der Waals surface area (Å²) in [6.07, 6.45) is 8.01. The molecule has 0 unspecified atom stereocenters. The van der Waals surface area contributed by atoms with Crippen LogP contribution in [0.2, 0.25) is 0 Å². The number of rotatable bonds is 10. The summed E-state index contributed by atoms with van der Waals surface area (Å²) in [5.74, 6) is -0.149. The predicted octanol–water partition coefficient (Wildman–Crippen LogP) is 6.53. The van der Waals surface area contributed by atoms with E-state index in [9.17, 15) is 9.59 Å². The first-order valence-electron chi connectivity index (χ1n) is 16.7. The highest BCUT2D eigenvalue weighted by Crippen LogP contribution is 2.35. The lowest BCUT2D eigenvalue weighted by atomic mass is 9.91. The van der Waals surface area contributed by atoms with Crippen molar-refractivity contribution in [2.75, 3.05) is 37.7 Å². The van der Waals surface area contributed by atoms with Crippen molar-refractivity contribution in [2.24, 2.45) is 0 Å². The molecule has 5 rings (SSSR count). The average molecular weight is 599 g/mol. The van der Waals surface area contributed by atoms with Gasteiger partial charge in [0.15, 0.2) is 0 Å². The lowest BCUT2D eigenvalue weighted by Gasteiger charge is -2.37. The fourth-order valence-corrected chi connectivity index (χ4v) is 6.89. The fraction of sp³-hybridized carbons (Fsp3) is 0.514. The molecule has 2 aliphatic rings. The molecule has 1 aliphatic carbocycles. The molecule has 0 spiro atoms. The third-order valence-electron chi connectivity index (χ3n) is 9.52. The molecule has 1 amide bonds. The third-order valence-corrected chi connectivity index (χ3v) is 9.52. The quantitative estimate of drug-likeness (QED) is 0.277. The van der Waals surface area contributed by atoms with Gasteiger partial charge >= 0.3 is 0 Å². The molecule has 7 heteroatoms. The van der Waals surface area contributed by atoms with Crippen molar-refractivity contribution >= 4 is 11.6 Å². The topological polar surface area (TPSA) is 77.7 Å². The second-order valence-electron chi connectivity index (χ2n) is 12.5. The number of amides is 1. The van der Waals surface area contributed by atoms with Crippen LogP contribution in [-0.2, 0) is 24.2 Å². The number of hydrogen-bond donors (Lipinski definition) is 2. The average Bonchev–Trinajstić information content (AvgIpc) is 3.31. The van der Waals surface area contributed by atoms with Crippen LogP contribution in [0.15, 0.2) is 47.3 Å². The molecule has 0 atom stereocenters. The molecule has 3 aromatic rings. The molecule has 2 N–H and O–H groups in total. The molecular formula is C37H50N4O3. The highest BCUT2D eigenvalue weighted by atomic mass is 16.5. The Labute approximate surface area is 263 Å². The van der Waals surface area contributed by atoms with Crippen molar-refractivity contribution in [3.05, 3.63) is 86.3 Å². The van der Waals surface area contributed by atoms with Crippen LogP contribution in [0, 0.1) is 13.8 Å². The second-order valence-corrected chi connectivity index (χ2v) is 12.5. The summed E-state index contributed by atoms with van der Waals surface area (Å²) in [4.78, 5) is 34.6. The number of aryl methyl sites for hydroxylation is 2. The molecule has 2 fully saturated rings. The minimum atomic E-state index is -0.149. The van der Waals surface area contributed by atoms with Crippen molar-refractivity contribution in [3.8, 4) is 11.1 Å². The van der Waals surface area contributed by atoms with Crippen LogP contribution in [-0.4, -0.2) is 54.7 Å². The summed E-state index contributed by atoms with van der Waals surface area (Å²) in [6.45, 7) is 13.9. The number of carbonyl (C=O) groups is 1. The number of nitrogens with one attached hydrogen (secondary N) is 2. The highest BCUT2D eigenvalue weighted by molar-refractivity contribution is 5.99. The van der Waals surface area contributed by atoms with Crippen LogP contribution >= 0.6 is 0 Å². The van der Waals surface area contributed by atoms with Gasteiger partial charge in [-0.3, -0.25) is 14.5 Å². The number of carbonyl (C=O) groups excluding carboxylic acids is 1. The zero-order valence-electron chi connectivity index (χ0n) is 27.1. The Bertz CT molecular complexity index is 1470. The van der Waals surface area contributed by atoms with Gasteiger partial charge in [0.1, 0.15) is 0 Å². The first-order chi connectivity index (χ1) is 21.4. The smallest absolute Gasteiger partial charge is 0.253 e. The van der Waals surface area contributed by atoms with Gasteiger partial charge < -0.3 is 19.9 Å². The van der Waals surface area contributed by atoms with E-state index >= 15 is 0 Å². The summed E-state index contributed by atoms with van der Waals surface area (Å²) in [6, 6.07) is 15.6. The molecule has 2 heterocycles. The molecule has 7 nitrogen and oxygen atoms in total. The number of anilines is 1. The van der Waals surface area contributed by atoms with Crippen molar-refractivity contribution in [1.82, 2.24) is 15.2 Å². The second kappa shape index (κ2) is 15.0. The summed E-state index contributed by atoms with van der Waals surface area (Å²) in [5.41, 5.74) is 8.51. The van der Waals surface area contributed by atoms with Crippen molar-refractivity contribution in [1.29, 1.82) is 0 Å². The lowest BCUT2D eigenvalue weighted by molar-refractivity contribution is 0.0950. The largest absolute Gasteiger partial charge is 0.380 e. The molecule has 0 radical (unpaired) electrons. The third kappa shape index (κ3) is 7.62. The molecule has 0 bridgehead atoms. The van der Waals surface area contributed by atoms with E-state index in [2.05, 4.69) is 64.3 Å². The van der Waals surface area contributed by atoms with E-state index in [0.29, 0.717) is 17.2 Å². The van der Waals surface area contributed by atoms with E-state index in [1.54, 1.807) is 0 Å². The Morgan fingerprint density at radius 2 is 1.75 bits per heavy atom. The summed E-state index contributed by atoms with van der Waals surface area (Å²) in [7, 11) is 0. The number of hydrogen-bond acceptors (Lipinski definition) is 5. The lowest BCUT2D eigenvalue weighted by Crippen LogP contribution is -2.37. The predicted molar refractivity (Wildman–Crippen MR) is 180 cm³/mol. The summed E-state index contributed by atoms with van der Waals surface area (Å²) < 4.78 is 5.63. The van der Waals surface area contributed by atoms with E-state index in [1.165, 1.54) is 37.7 Å². The van der Waals surface area contributed by atoms with Gasteiger partial charge in [0, 0.05) is 67.9 Å². The maximum Gasteiger partial charge on any atom is 0.253 e. The molecule has 44 heavy (non-hydrogen) atoms. The van der Waals surface area contributed by atoms with Crippen LogP contribution in [0.1, 0.15) is 90.7 Å². The van der Waals surface area contributed by atoms with Gasteiger partial charge in [-0.2, -0.15) is 0 Å². The van der Waals surface area contributed by atoms with Gasteiger partial charge in [0.25, 0.3) is 11.5 Å². The Kier molecular flexibility index (Phi) is 10.9. The van der Waals surface area contributed by atoms with E-state index in [-0.39, 0.29) is 18.0 Å². The van der Waals surface area contributed by atoms with Crippen molar-refractivity contribution in [2.45, 2.75) is 91.8 Å². The maximum absolute atomic E-state index is 13.9. The molecular weight excluding hydrogens is 548 g/mol. The number of ether oxygens (including phenoxy) is 1. The first kappa shape index (κ1) is 32.0. The van der Waals surface area contributed by atoms with E-state index in [1.807, 2.05) is 26.0 Å². The molecule has 2 aromatic carbocycles. The summed E-state index contributed by atoms with van der Waals surface area (Å²) in [5, 5.41) is 3.08. The van der Waals surface area contributed by atoms with Crippen LogP contribution in [0.25, 0.3) is 11.1 Å². The van der Waals surface area contributed by atoms with Gasteiger partial charge in [-0.15, -0.1) is 0 Å². The molecule has 1 saturated heterocycles. The van der Waals surface area contributed by atoms with Crippen LogP contribution < -0.4 is 15.8 Å². The summed E-state index contributed by atoms with van der Waals surface area (Å²) >= 11 is 0. The molecule has 1 aliphatic heterocycles. The number of nitrogens with zero attached hydrogens (tertiary/aromatic N) is 2. The Balaban J connectivity index is 1.45. The van der Waals surface area contributed by atoms with Crippen molar-refractivity contribution < 1.29 is 9.53 Å². The van der Waals surface area contributed by atoms with E-state index in [0.717, 1.165) is 85.9 Å². The van der Waals surface area contributed by atoms with Gasteiger partial charge in [0.2, 0.25) is 0 Å². The van der Waals surface area contributed by atoms with Gasteiger partial charge in [-0.25, -0.2) is 0 Å². The minimum absolute atomic E-state index is 0.129. The number of aromatic amines is 1. The SMILES string of the molecule is CCc1cc(C)c(CNC(=O)c2cc(-c3ccc(CN4CCCOCC4)cc3)cc(N(CC)C3CCCCC3)c2C)c(=O)[nH]1. The van der Waals surface area contributed by atoms with Crippen molar-refractivity contribution in [3.63, 3.8) is 0 Å². The first-order valence-corrected chi connectivity index (χ1v) is 16.7. The van der Waals surface area contributed by atoms with Crippen LogP contribution in [0.3, 0.4) is 0 Å². The molecule has 1 saturated carbocycles. The minimum Gasteiger partial charge on any atom is -0.380 e. The Morgan fingerprint density at radius 1 is 0.977 bits per heavy atom. The number of H-pyrrole nitrogens is 1. The monoisotopic (exact) mass is 598 g/mol. The maximum atomic E-state index is 13.9. The number of benzene rings is 2. The van der Waals surface area contributed by atoms with Crippen LogP contribution in [0.5, 0.6) is 0 Å². The van der Waals surface area contributed by atoms with Gasteiger partial charge in [0.05, 0.1) is 6.61 Å². The van der Waals surface area contributed by atoms with E-state index in [4.69, 9.17) is 4.74 Å². The molecule has 1 aromatic heterocycles. The van der Waals surface area contributed by atoms with Gasteiger partial charge in [-0.1, -0.05) is 50.5 Å². The highest BCUT2D eigenvalue weighted by Gasteiger charge is 2.25. The zero-order valence-corrected chi connectivity index (χ0v) is 27.1. The van der Waals surface area contributed by atoms with E-state index < -0.39 is 0 Å². The standard InChI is InChI=1S/C37H50N4O3/c1-5-31-21-26(3)34(37(43)39-31)24-38-36(42)33-22-30(23-35(27(33)4)41(6-2)32-11-8-7-9-12-32)29-15-13-28(14-16-29)25-40-17-10-19-44-20-18-40/h13-16,21-23,32H,5-12,17-20,24-25H2,1-4H3,(H,38,42)(H,39,43). The number of pyridine rings is 1. The van der Waals surface area contributed by atoms with Gasteiger partial charge in [-0.05, 0) is 92.5 Å².